The van der Waals surface area contributed by atoms with Gasteiger partial charge in [0, 0.05) is 24.0 Å². The third-order valence-corrected chi connectivity index (χ3v) is 5.73. The Balaban J connectivity index is 2.02. The molecule has 0 aliphatic carbocycles. The zero-order valence-corrected chi connectivity index (χ0v) is 13.8. The van der Waals surface area contributed by atoms with Crippen molar-refractivity contribution in [2.24, 2.45) is 0 Å². The van der Waals surface area contributed by atoms with E-state index in [0.717, 1.165) is 34.1 Å². The van der Waals surface area contributed by atoms with Gasteiger partial charge in [0.05, 0.1) is 17.6 Å². The normalized spacial score (nSPS) is 17.9. The molecule has 1 N–H and O–H groups in total. The monoisotopic (exact) mass is 323 g/mol. The molecule has 1 unspecified atom stereocenters. The summed E-state index contributed by atoms with van der Waals surface area (Å²) >= 11 is 1.55. The van der Waals surface area contributed by atoms with Gasteiger partial charge in [0.1, 0.15) is 0 Å². The zero-order chi connectivity index (χ0) is 15.2. The third-order valence-electron chi connectivity index (χ3n) is 3.60. The predicted octanol–water partition coefficient (Wildman–Crippen LogP) is 2.56. The molecule has 0 radical (unpaired) electrons. The van der Waals surface area contributed by atoms with Crippen LogP contribution in [-0.2, 0) is 16.4 Å². The average molecular weight is 323 g/mol. The van der Waals surface area contributed by atoms with Crippen molar-refractivity contribution >= 4 is 32.2 Å². The highest BCUT2D eigenvalue weighted by Gasteiger charge is 2.32. The van der Waals surface area contributed by atoms with Crippen molar-refractivity contribution in [3.05, 3.63) is 29.1 Å². The van der Waals surface area contributed by atoms with Crippen LogP contribution in [0.3, 0.4) is 0 Å². The van der Waals surface area contributed by atoms with Crippen LogP contribution in [0.25, 0.3) is 11.3 Å². The fourth-order valence-corrected chi connectivity index (χ4v) is 4.73. The Hall–Kier alpha value is -1.60. The molecule has 0 saturated carbocycles. The van der Waals surface area contributed by atoms with Crippen molar-refractivity contribution in [1.29, 1.82) is 0 Å². The van der Waals surface area contributed by atoms with Gasteiger partial charge in [-0.2, -0.15) is 0 Å². The maximum atomic E-state index is 11.9. The number of sulfonamides is 1. The lowest BCUT2D eigenvalue weighted by molar-refractivity contribution is 0.590. The summed E-state index contributed by atoms with van der Waals surface area (Å²) in [6, 6.07) is 5.83. The van der Waals surface area contributed by atoms with E-state index in [9.17, 15) is 8.42 Å². The zero-order valence-electron chi connectivity index (χ0n) is 12.1. The highest BCUT2D eigenvalue weighted by atomic mass is 32.2. The Morgan fingerprint density at radius 1 is 1.43 bits per heavy atom. The molecule has 0 spiro atoms. The van der Waals surface area contributed by atoms with Gasteiger partial charge in [-0.25, -0.2) is 13.4 Å². The van der Waals surface area contributed by atoms with E-state index >= 15 is 0 Å². The molecule has 5 nitrogen and oxygen atoms in total. The summed E-state index contributed by atoms with van der Waals surface area (Å²) in [6.45, 7) is 1.93. The average Bonchev–Trinajstić information content (AvgIpc) is 2.99. The molecular formula is C14H17N3O2S2. The Kier molecular flexibility index (Phi) is 3.41. The Morgan fingerprint density at radius 3 is 2.81 bits per heavy atom. The standard InChI is InChI=1S/C14H17N3O2S2/c1-9-6-11-7-10(12-8-20-14(15-2)16-12)4-5-13(11)17(9)21(3,18)19/h4-5,7-9H,6H2,1-3H3,(H,15,16). The van der Waals surface area contributed by atoms with Gasteiger partial charge in [-0.05, 0) is 31.0 Å². The number of benzene rings is 1. The summed E-state index contributed by atoms with van der Waals surface area (Å²) in [6.07, 6.45) is 1.99. The van der Waals surface area contributed by atoms with Crippen LogP contribution in [-0.4, -0.2) is 32.7 Å². The molecule has 1 aliphatic heterocycles. The van der Waals surface area contributed by atoms with Gasteiger partial charge < -0.3 is 5.32 Å². The summed E-state index contributed by atoms with van der Waals surface area (Å²) in [5.41, 5.74) is 3.79. The molecule has 1 aromatic carbocycles. The fourth-order valence-electron chi connectivity index (χ4n) is 2.79. The van der Waals surface area contributed by atoms with Gasteiger partial charge in [0.25, 0.3) is 0 Å². The van der Waals surface area contributed by atoms with Crippen LogP contribution in [0, 0.1) is 0 Å². The minimum absolute atomic E-state index is 0.0337. The number of nitrogens with one attached hydrogen (secondary N) is 1. The Bertz CT molecular complexity index is 783. The second-order valence-electron chi connectivity index (χ2n) is 5.24. The maximum Gasteiger partial charge on any atom is 0.232 e. The molecule has 0 bridgehead atoms. The summed E-state index contributed by atoms with van der Waals surface area (Å²) in [4.78, 5) is 4.49. The molecule has 0 saturated heterocycles. The number of rotatable bonds is 3. The number of hydrogen-bond donors (Lipinski definition) is 1. The van der Waals surface area contributed by atoms with Gasteiger partial charge in [-0.3, -0.25) is 4.31 Å². The lowest BCUT2D eigenvalue weighted by atomic mass is 10.1. The van der Waals surface area contributed by atoms with Crippen molar-refractivity contribution in [2.75, 3.05) is 22.9 Å². The quantitative estimate of drug-likeness (QED) is 0.943. The van der Waals surface area contributed by atoms with E-state index in [0.29, 0.717) is 0 Å². The summed E-state index contributed by atoms with van der Waals surface area (Å²) in [5, 5.41) is 5.90. The topological polar surface area (TPSA) is 62.3 Å². The fraction of sp³-hybridized carbons (Fsp3) is 0.357. The number of fused-ring (bicyclic) bond motifs is 1. The number of aromatic nitrogens is 1. The van der Waals surface area contributed by atoms with E-state index in [1.54, 1.807) is 11.3 Å². The SMILES string of the molecule is CNc1nc(-c2ccc3c(c2)CC(C)N3S(C)(=O)=O)cs1. The summed E-state index contributed by atoms with van der Waals surface area (Å²) < 4.78 is 25.3. The number of hydrogen-bond acceptors (Lipinski definition) is 5. The predicted molar refractivity (Wildman–Crippen MR) is 87.6 cm³/mol. The number of thiazole rings is 1. The highest BCUT2D eigenvalue weighted by Crippen LogP contribution is 2.37. The van der Waals surface area contributed by atoms with Crippen LogP contribution < -0.4 is 9.62 Å². The van der Waals surface area contributed by atoms with Crippen molar-refractivity contribution < 1.29 is 8.42 Å². The van der Waals surface area contributed by atoms with Crippen LogP contribution in [0.2, 0.25) is 0 Å². The minimum atomic E-state index is -3.23. The molecule has 1 atom stereocenters. The maximum absolute atomic E-state index is 11.9. The first-order valence-corrected chi connectivity index (χ1v) is 9.39. The van der Waals surface area contributed by atoms with Gasteiger partial charge >= 0.3 is 0 Å². The van der Waals surface area contributed by atoms with Gasteiger partial charge in [0.15, 0.2) is 5.13 Å². The summed E-state index contributed by atoms with van der Waals surface area (Å²) in [7, 11) is -1.39. The van der Waals surface area contributed by atoms with Crippen LogP contribution in [0.15, 0.2) is 23.6 Å². The van der Waals surface area contributed by atoms with Crippen molar-refractivity contribution in [2.45, 2.75) is 19.4 Å². The van der Waals surface area contributed by atoms with E-state index in [4.69, 9.17) is 0 Å². The molecule has 1 aliphatic rings. The molecule has 7 heteroatoms. The van der Waals surface area contributed by atoms with Crippen LogP contribution in [0.1, 0.15) is 12.5 Å². The smallest absolute Gasteiger partial charge is 0.232 e. The number of anilines is 2. The van der Waals surface area contributed by atoms with Gasteiger partial charge in [0.2, 0.25) is 10.0 Å². The van der Waals surface area contributed by atoms with Crippen LogP contribution in [0.4, 0.5) is 10.8 Å². The van der Waals surface area contributed by atoms with Gasteiger partial charge in [-0.15, -0.1) is 11.3 Å². The molecule has 3 rings (SSSR count). The van der Waals surface area contributed by atoms with Gasteiger partial charge in [-0.1, -0.05) is 6.07 Å². The second kappa shape index (κ2) is 4.99. The van der Waals surface area contributed by atoms with Crippen molar-refractivity contribution in [1.82, 2.24) is 4.98 Å². The first-order chi connectivity index (χ1) is 9.90. The molecule has 21 heavy (non-hydrogen) atoms. The molecule has 0 amide bonds. The number of nitrogens with zero attached hydrogens (tertiary/aromatic N) is 2. The van der Waals surface area contributed by atoms with Crippen molar-refractivity contribution in [3.8, 4) is 11.3 Å². The first kappa shape index (κ1) is 14.3. The van der Waals surface area contributed by atoms with Crippen molar-refractivity contribution in [3.63, 3.8) is 0 Å². The molecule has 112 valence electrons. The van der Waals surface area contributed by atoms with E-state index in [2.05, 4.69) is 10.3 Å². The van der Waals surface area contributed by atoms with Crippen LogP contribution in [0.5, 0.6) is 0 Å². The third kappa shape index (κ3) is 2.51. The second-order valence-corrected chi connectivity index (χ2v) is 7.96. The molecule has 2 aromatic rings. The lowest BCUT2D eigenvalue weighted by Gasteiger charge is -2.21. The van der Waals surface area contributed by atoms with Crippen LogP contribution >= 0.6 is 11.3 Å². The molecule has 2 heterocycles. The Labute approximate surface area is 128 Å². The first-order valence-electron chi connectivity index (χ1n) is 6.66. The van der Waals surface area contributed by atoms with E-state index in [1.807, 2.05) is 37.6 Å². The largest absolute Gasteiger partial charge is 0.365 e. The lowest BCUT2D eigenvalue weighted by Crippen LogP contribution is -2.34. The summed E-state index contributed by atoms with van der Waals surface area (Å²) in [5.74, 6) is 0. The molecular weight excluding hydrogens is 306 g/mol. The van der Waals surface area contributed by atoms with E-state index < -0.39 is 10.0 Å². The highest BCUT2D eigenvalue weighted by molar-refractivity contribution is 7.92. The van der Waals surface area contributed by atoms with E-state index in [1.165, 1.54) is 10.6 Å². The van der Waals surface area contributed by atoms with E-state index in [-0.39, 0.29) is 6.04 Å². The molecule has 0 fully saturated rings. The minimum Gasteiger partial charge on any atom is -0.365 e. The molecule has 1 aromatic heterocycles. The Morgan fingerprint density at radius 2 is 2.19 bits per heavy atom.